The molecule has 0 radical (unpaired) electrons. The number of aryl methyl sites for hydroxylation is 1. The van der Waals surface area contributed by atoms with E-state index < -0.39 is 0 Å². The zero-order chi connectivity index (χ0) is 11.0. The molecule has 15 heavy (non-hydrogen) atoms. The molecule has 0 saturated carbocycles. The topological polar surface area (TPSA) is 64.9 Å². The maximum atomic E-state index is 6.08. The predicted octanol–water partition coefficient (Wildman–Crippen LogP) is 2.78. The van der Waals surface area contributed by atoms with Crippen molar-refractivity contribution in [3.05, 3.63) is 21.9 Å². The summed E-state index contributed by atoms with van der Waals surface area (Å²) in [6.45, 7) is 3.73. The lowest BCUT2D eigenvalue weighted by Crippen LogP contribution is -2.04. The first-order valence-electron chi connectivity index (χ1n) is 4.42. The summed E-state index contributed by atoms with van der Waals surface area (Å²) >= 11 is 7.57. The fourth-order valence-corrected chi connectivity index (χ4v) is 2.28. The molecule has 6 heteroatoms. The number of hydrogen-bond donors (Lipinski definition) is 1. The molecule has 0 amide bonds. The first-order chi connectivity index (χ1) is 7.09. The lowest BCUT2D eigenvalue weighted by atomic mass is 10.3. The molecule has 0 saturated heterocycles. The average molecular weight is 244 g/mol. The largest absolute Gasteiger partial charge is 0.418 e. The molecule has 0 aliphatic carbocycles. The lowest BCUT2D eigenvalue weighted by molar-refractivity contribution is 0.474. The highest BCUT2D eigenvalue weighted by Gasteiger charge is 2.16. The molecule has 2 heterocycles. The molecule has 0 fully saturated rings. The zero-order valence-electron chi connectivity index (χ0n) is 8.32. The second-order valence-electron chi connectivity index (χ2n) is 3.30. The van der Waals surface area contributed by atoms with Crippen LogP contribution in [0.2, 0.25) is 5.02 Å². The summed E-state index contributed by atoms with van der Waals surface area (Å²) in [5.74, 6) is 0.859. The number of thiophene rings is 1. The predicted molar refractivity (Wildman–Crippen MR) is 60.0 cm³/mol. The van der Waals surface area contributed by atoms with Gasteiger partial charge in [-0.15, -0.1) is 21.5 Å². The van der Waals surface area contributed by atoms with Crippen molar-refractivity contribution in [1.82, 2.24) is 10.2 Å². The van der Waals surface area contributed by atoms with Crippen LogP contribution in [0.15, 0.2) is 9.80 Å². The van der Waals surface area contributed by atoms with E-state index in [-0.39, 0.29) is 6.04 Å². The Morgan fingerprint density at radius 1 is 1.53 bits per heavy atom. The molecular weight excluding hydrogens is 234 g/mol. The summed E-state index contributed by atoms with van der Waals surface area (Å²) in [6.07, 6.45) is 0. The Bertz CT molecular complexity index is 477. The maximum absolute atomic E-state index is 6.08. The average Bonchev–Trinajstić information content (AvgIpc) is 2.76. The second-order valence-corrected chi connectivity index (χ2v) is 4.55. The lowest BCUT2D eigenvalue weighted by Gasteiger charge is -1.95. The Balaban J connectivity index is 2.41. The normalized spacial score (nSPS) is 13.1. The highest BCUT2D eigenvalue weighted by molar-refractivity contribution is 7.14. The third-order valence-corrected chi connectivity index (χ3v) is 3.61. The van der Waals surface area contributed by atoms with Crippen molar-refractivity contribution in [2.75, 3.05) is 0 Å². The summed E-state index contributed by atoms with van der Waals surface area (Å²) in [5.41, 5.74) is 6.63. The van der Waals surface area contributed by atoms with E-state index in [4.69, 9.17) is 21.8 Å². The van der Waals surface area contributed by atoms with Crippen molar-refractivity contribution in [3.63, 3.8) is 0 Å². The molecule has 2 aromatic heterocycles. The first kappa shape index (κ1) is 10.6. The zero-order valence-corrected chi connectivity index (χ0v) is 9.89. The van der Waals surface area contributed by atoms with Crippen LogP contribution in [0, 0.1) is 6.92 Å². The van der Waals surface area contributed by atoms with Gasteiger partial charge in [-0.3, -0.25) is 0 Å². The number of aromatic nitrogens is 2. The van der Waals surface area contributed by atoms with Crippen LogP contribution in [-0.2, 0) is 0 Å². The maximum Gasteiger partial charge on any atom is 0.259 e. The fraction of sp³-hybridized carbons (Fsp3) is 0.333. The highest BCUT2D eigenvalue weighted by atomic mass is 35.5. The van der Waals surface area contributed by atoms with E-state index in [0.29, 0.717) is 16.8 Å². The molecule has 0 bridgehead atoms. The van der Waals surface area contributed by atoms with Gasteiger partial charge in [-0.2, -0.15) is 0 Å². The van der Waals surface area contributed by atoms with Gasteiger partial charge in [0.25, 0.3) is 5.89 Å². The second kappa shape index (κ2) is 3.92. The van der Waals surface area contributed by atoms with E-state index in [9.17, 15) is 0 Å². The minimum Gasteiger partial charge on any atom is -0.418 e. The molecule has 2 aromatic rings. The van der Waals surface area contributed by atoms with E-state index in [2.05, 4.69) is 10.2 Å². The number of nitrogens with two attached hydrogens (primary N) is 1. The van der Waals surface area contributed by atoms with Crippen LogP contribution in [-0.4, -0.2) is 10.2 Å². The van der Waals surface area contributed by atoms with Crippen LogP contribution >= 0.6 is 22.9 Å². The quantitative estimate of drug-likeness (QED) is 0.881. The minimum atomic E-state index is -0.258. The molecule has 2 rings (SSSR count). The molecule has 0 spiro atoms. The van der Waals surface area contributed by atoms with Gasteiger partial charge in [-0.05, 0) is 24.8 Å². The Morgan fingerprint density at radius 2 is 2.27 bits per heavy atom. The van der Waals surface area contributed by atoms with E-state index in [1.54, 1.807) is 6.92 Å². The standard InChI is InChI=1S/C9H10ClN3OS/c1-4-3-15-7(6(4)10)9-13-12-8(14-9)5(2)11/h3,5H,11H2,1-2H3. The van der Waals surface area contributed by atoms with E-state index in [0.717, 1.165) is 10.4 Å². The minimum absolute atomic E-state index is 0.258. The van der Waals surface area contributed by atoms with Gasteiger partial charge in [0, 0.05) is 0 Å². The van der Waals surface area contributed by atoms with Gasteiger partial charge < -0.3 is 10.2 Å². The smallest absolute Gasteiger partial charge is 0.259 e. The van der Waals surface area contributed by atoms with Crippen molar-refractivity contribution in [1.29, 1.82) is 0 Å². The van der Waals surface area contributed by atoms with Gasteiger partial charge in [0.2, 0.25) is 5.89 Å². The third kappa shape index (κ3) is 1.90. The molecule has 0 aliphatic heterocycles. The number of nitrogens with zero attached hydrogens (tertiary/aromatic N) is 2. The molecule has 1 unspecified atom stereocenters. The van der Waals surface area contributed by atoms with Crippen LogP contribution < -0.4 is 5.73 Å². The van der Waals surface area contributed by atoms with Crippen molar-refractivity contribution in [2.24, 2.45) is 5.73 Å². The first-order valence-corrected chi connectivity index (χ1v) is 5.68. The molecular formula is C9H10ClN3OS. The third-order valence-electron chi connectivity index (χ3n) is 1.92. The van der Waals surface area contributed by atoms with Crippen LogP contribution in [0.3, 0.4) is 0 Å². The van der Waals surface area contributed by atoms with Crippen molar-refractivity contribution in [3.8, 4) is 10.8 Å². The number of rotatable bonds is 2. The number of hydrogen-bond acceptors (Lipinski definition) is 5. The van der Waals surface area contributed by atoms with Gasteiger partial charge in [0.15, 0.2) is 0 Å². The summed E-state index contributed by atoms with van der Waals surface area (Å²) in [5, 5.41) is 10.4. The SMILES string of the molecule is Cc1csc(-c2nnc(C(C)N)o2)c1Cl. The molecule has 0 aliphatic rings. The molecule has 4 nitrogen and oxygen atoms in total. The van der Waals surface area contributed by atoms with Gasteiger partial charge in [-0.1, -0.05) is 11.6 Å². The van der Waals surface area contributed by atoms with Crippen LogP contribution in [0.5, 0.6) is 0 Å². The van der Waals surface area contributed by atoms with Gasteiger partial charge in [0.1, 0.15) is 4.88 Å². The molecule has 0 aromatic carbocycles. The summed E-state index contributed by atoms with van der Waals surface area (Å²) in [4.78, 5) is 0.800. The number of halogens is 1. The Kier molecular flexibility index (Phi) is 2.77. The van der Waals surface area contributed by atoms with E-state index in [1.807, 2.05) is 12.3 Å². The van der Waals surface area contributed by atoms with Crippen LogP contribution in [0.4, 0.5) is 0 Å². The fourth-order valence-electron chi connectivity index (χ4n) is 1.08. The van der Waals surface area contributed by atoms with Gasteiger partial charge >= 0.3 is 0 Å². The van der Waals surface area contributed by atoms with Crippen molar-refractivity contribution >= 4 is 22.9 Å². The molecule has 80 valence electrons. The Hall–Kier alpha value is -0.910. The monoisotopic (exact) mass is 243 g/mol. The summed E-state index contributed by atoms with van der Waals surface area (Å²) in [7, 11) is 0. The summed E-state index contributed by atoms with van der Waals surface area (Å²) in [6, 6.07) is -0.258. The molecule has 2 N–H and O–H groups in total. The van der Waals surface area contributed by atoms with Gasteiger partial charge in [0.05, 0.1) is 11.1 Å². The highest BCUT2D eigenvalue weighted by Crippen LogP contribution is 2.35. The summed E-state index contributed by atoms with van der Waals surface area (Å²) < 4.78 is 5.40. The molecule has 1 atom stereocenters. The van der Waals surface area contributed by atoms with E-state index >= 15 is 0 Å². The van der Waals surface area contributed by atoms with E-state index in [1.165, 1.54) is 11.3 Å². The Morgan fingerprint density at radius 3 is 2.73 bits per heavy atom. The van der Waals surface area contributed by atoms with Crippen molar-refractivity contribution in [2.45, 2.75) is 19.9 Å². The Labute approximate surface area is 96.1 Å². The van der Waals surface area contributed by atoms with Gasteiger partial charge in [-0.25, -0.2) is 0 Å². The van der Waals surface area contributed by atoms with Crippen LogP contribution in [0.25, 0.3) is 10.8 Å². The van der Waals surface area contributed by atoms with Crippen LogP contribution in [0.1, 0.15) is 24.4 Å². The van der Waals surface area contributed by atoms with Crippen molar-refractivity contribution < 1.29 is 4.42 Å².